The van der Waals surface area contributed by atoms with Crippen LogP contribution in [0.15, 0.2) is 0 Å². The molecule has 0 saturated carbocycles. The van der Waals surface area contributed by atoms with Crippen LogP contribution in [0, 0.1) is 0 Å². The van der Waals surface area contributed by atoms with E-state index in [2.05, 4.69) is 0 Å². The number of ether oxygens (including phenoxy) is 1. The first kappa shape index (κ1) is 17.0. The minimum Gasteiger partial charge on any atom is -0.480 e. The van der Waals surface area contributed by atoms with Crippen molar-refractivity contribution < 1.29 is 19.4 Å². The molecule has 0 fully saturated rings. The molecular weight excluding hydrogens is 242 g/mol. The molecule has 0 unspecified atom stereocenters. The predicted molar refractivity (Wildman–Crippen MR) is 61.6 cm³/mol. The third-order valence-corrected chi connectivity index (χ3v) is 1.93. The third-order valence-electron chi connectivity index (χ3n) is 1.09. The number of thioether (sulfide) groups is 1. The fourth-order valence-electron chi connectivity index (χ4n) is 0.509. The number of hydrogen-bond donors (Lipinski definition) is 2. The maximum absolute atomic E-state index is 11.1. The lowest BCUT2D eigenvalue weighted by Crippen LogP contribution is -2.33. The molecule has 0 heterocycles. The number of rotatable bonds is 3. The first-order chi connectivity index (χ1) is 6.22. The van der Waals surface area contributed by atoms with Crippen LogP contribution in [0.5, 0.6) is 0 Å². The molecule has 0 spiro atoms. The van der Waals surface area contributed by atoms with Crippen molar-refractivity contribution in [2.75, 3.05) is 5.75 Å². The Bertz CT molecular complexity index is 229. The largest absolute Gasteiger partial charge is 0.480 e. The van der Waals surface area contributed by atoms with E-state index in [0.717, 1.165) is 11.8 Å². The molecule has 5 nitrogen and oxygen atoms in total. The Morgan fingerprint density at radius 3 is 2.27 bits per heavy atom. The maximum Gasteiger partial charge on any atom is 0.367 e. The molecular formula is C8H16ClNO4S. The van der Waals surface area contributed by atoms with Crippen LogP contribution in [-0.4, -0.2) is 33.8 Å². The Morgan fingerprint density at radius 1 is 1.47 bits per heavy atom. The van der Waals surface area contributed by atoms with Gasteiger partial charge in [0.25, 0.3) is 0 Å². The second kappa shape index (κ2) is 6.92. The van der Waals surface area contributed by atoms with E-state index >= 15 is 0 Å². The van der Waals surface area contributed by atoms with Gasteiger partial charge in [-0.15, -0.1) is 12.4 Å². The van der Waals surface area contributed by atoms with Crippen LogP contribution in [0.25, 0.3) is 0 Å². The van der Waals surface area contributed by atoms with Crippen molar-refractivity contribution in [2.24, 2.45) is 5.73 Å². The molecule has 1 atom stereocenters. The van der Waals surface area contributed by atoms with Crippen molar-refractivity contribution in [1.29, 1.82) is 0 Å². The van der Waals surface area contributed by atoms with Gasteiger partial charge in [-0.3, -0.25) is 4.79 Å². The van der Waals surface area contributed by atoms with Gasteiger partial charge in [-0.1, -0.05) is 0 Å². The number of halogens is 1. The smallest absolute Gasteiger partial charge is 0.367 e. The van der Waals surface area contributed by atoms with Crippen LogP contribution < -0.4 is 5.73 Å². The minimum absolute atomic E-state index is 0. The summed E-state index contributed by atoms with van der Waals surface area (Å²) in [6.45, 7) is 5.22. The van der Waals surface area contributed by atoms with Gasteiger partial charge in [-0.05, 0) is 32.5 Å². The standard InChI is InChI=1S/C8H15NO4S.ClH/c1-8(2,3)13-7(12)14-4-5(9)6(10)11;/h5H,4,9H2,1-3H3,(H,10,11);1H/t5-;/m0./s1. The average molecular weight is 258 g/mol. The molecule has 0 bridgehead atoms. The predicted octanol–water partition coefficient (Wildman–Crippen LogP) is 1.49. The van der Waals surface area contributed by atoms with E-state index in [4.69, 9.17) is 15.6 Å². The van der Waals surface area contributed by atoms with E-state index in [1.165, 1.54) is 0 Å². The minimum atomic E-state index is -1.12. The Hall–Kier alpha value is -0.460. The summed E-state index contributed by atoms with van der Waals surface area (Å²) < 4.78 is 4.94. The molecule has 0 aliphatic carbocycles. The number of nitrogens with two attached hydrogens (primary N) is 1. The van der Waals surface area contributed by atoms with Gasteiger partial charge in [-0.25, -0.2) is 4.79 Å². The molecule has 0 aliphatic rings. The second-order valence-electron chi connectivity index (χ2n) is 3.72. The summed E-state index contributed by atoms with van der Waals surface area (Å²) in [6, 6.07) is -1.03. The Balaban J connectivity index is 0. The summed E-state index contributed by atoms with van der Waals surface area (Å²) in [7, 11) is 0. The summed E-state index contributed by atoms with van der Waals surface area (Å²) >= 11 is 0.773. The van der Waals surface area contributed by atoms with Crippen molar-refractivity contribution in [1.82, 2.24) is 0 Å². The molecule has 15 heavy (non-hydrogen) atoms. The third kappa shape index (κ3) is 9.84. The maximum atomic E-state index is 11.1. The van der Waals surface area contributed by atoms with Gasteiger partial charge in [0, 0.05) is 5.75 Å². The first-order valence-corrected chi connectivity index (χ1v) is 5.05. The Morgan fingerprint density at radius 2 is 1.93 bits per heavy atom. The van der Waals surface area contributed by atoms with Crippen LogP contribution >= 0.6 is 24.2 Å². The van der Waals surface area contributed by atoms with Crippen molar-refractivity contribution in [3.05, 3.63) is 0 Å². The van der Waals surface area contributed by atoms with Crippen molar-refractivity contribution >= 4 is 35.4 Å². The molecule has 0 radical (unpaired) electrons. The average Bonchev–Trinajstić information content (AvgIpc) is 1.96. The number of carboxylic acid groups (broad SMARTS) is 1. The number of hydrogen-bond acceptors (Lipinski definition) is 5. The van der Waals surface area contributed by atoms with Gasteiger partial charge >= 0.3 is 11.3 Å². The van der Waals surface area contributed by atoms with Crippen LogP contribution in [0.4, 0.5) is 4.79 Å². The number of aliphatic carboxylic acids is 1. The second-order valence-corrected chi connectivity index (χ2v) is 4.68. The summed E-state index contributed by atoms with van der Waals surface area (Å²) in [5.41, 5.74) is 4.64. The van der Waals surface area contributed by atoms with E-state index < -0.39 is 22.9 Å². The monoisotopic (exact) mass is 257 g/mol. The Labute approximate surface area is 99.1 Å². The van der Waals surface area contributed by atoms with Crippen molar-refractivity contribution in [2.45, 2.75) is 32.4 Å². The van der Waals surface area contributed by atoms with Crippen LogP contribution in [0.3, 0.4) is 0 Å². The molecule has 0 saturated heterocycles. The summed E-state index contributed by atoms with van der Waals surface area (Å²) in [5, 5.41) is 7.93. The van der Waals surface area contributed by atoms with E-state index in [1.54, 1.807) is 20.8 Å². The highest BCUT2D eigenvalue weighted by molar-refractivity contribution is 8.13. The zero-order valence-corrected chi connectivity index (χ0v) is 10.5. The number of carbonyl (C=O) groups is 2. The van der Waals surface area contributed by atoms with E-state index in [-0.39, 0.29) is 18.2 Å². The fraction of sp³-hybridized carbons (Fsp3) is 0.750. The van der Waals surface area contributed by atoms with Gasteiger partial charge < -0.3 is 15.6 Å². The summed E-state index contributed by atoms with van der Waals surface area (Å²) in [6.07, 6.45) is 0. The first-order valence-electron chi connectivity index (χ1n) is 4.06. The quantitative estimate of drug-likeness (QED) is 0.745. The van der Waals surface area contributed by atoms with E-state index in [9.17, 15) is 9.59 Å². The summed E-state index contributed by atoms with van der Waals surface area (Å²) in [4.78, 5) is 21.4. The molecule has 3 N–H and O–H groups in total. The van der Waals surface area contributed by atoms with Crippen molar-refractivity contribution in [3.8, 4) is 0 Å². The zero-order chi connectivity index (χ0) is 11.4. The highest BCUT2D eigenvalue weighted by atomic mass is 35.5. The van der Waals surface area contributed by atoms with E-state index in [0.29, 0.717) is 0 Å². The number of carbonyl (C=O) groups excluding carboxylic acids is 1. The molecule has 7 heteroatoms. The lowest BCUT2D eigenvalue weighted by molar-refractivity contribution is -0.137. The molecule has 0 amide bonds. The van der Waals surface area contributed by atoms with Gasteiger partial charge in [-0.2, -0.15) is 0 Å². The van der Waals surface area contributed by atoms with Gasteiger partial charge in [0.1, 0.15) is 11.6 Å². The highest BCUT2D eigenvalue weighted by Crippen LogP contribution is 2.14. The highest BCUT2D eigenvalue weighted by Gasteiger charge is 2.19. The number of carboxylic acids is 1. The Kier molecular flexibility index (Phi) is 7.82. The molecule has 0 aliphatic heterocycles. The van der Waals surface area contributed by atoms with Crippen LogP contribution in [0.1, 0.15) is 20.8 Å². The SMILES string of the molecule is CC(C)(C)OC(=O)SC[C@H](N)C(=O)O.Cl. The normalized spacial score (nSPS) is 12.5. The van der Waals surface area contributed by atoms with Gasteiger partial charge in [0.05, 0.1) is 0 Å². The molecule has 0 aromatic carbocycles. The molecule has 0 aromatic heterocycles. The van der Waals surface area contributed by atoms with Crippen LogP contribution in [-0.2, 0) is 9.53 Å². The topological polar surface area (TPSA) is 89.6 Å². The summed E-state index contributed by atoms with van der Waals surface area (Å²) in [5.74, 6) is -1.11. The lowest BCUT2D eigenvalue weighted by Gasteiger charge is -2.19. The van der Waals surface area contributed by atoms with Crippen LogP contribution in [0.2, 0.25) is 0 Å². The van der Waals surface area contributed by atoms with Crippen molar-refractivity contribution in [3.63, 3.8) is 0 Å². The lowest BCUT2D eigenvalue weighted by atomic mass is 10.2. The molecule has 0 aromatic rings. The van der Waals surface area contributed by atoms with Gasteiger partial charge in [0.2, 0.25) is 0 Å². The molecule has 90 valence electrons. The fourth-order valence-corrected chi connectivity index (χ4v) is 1.28. The molecule has 0 rings (SSSR count). The van der Waals surface area contributed by atoms with Gasteiger partial charge in [0.15, 0.2) is 0 Å². The van der Waals surface area contributed by atoms with E-state index in [1.807, 2.05) is 0 Å². The zero-order valence-electron chi connectivity index (χ0n) is 8.85.